The Balaban J connectivity index is 0.000000180. The summed E-state index contributed by atoms with van der Waals surface area (Å²) in [7, 11) is 1.94. The lowest BCUT2D eigenvalue weighted by atomic mass is 10.9. The van der Waals surface area contributed by atoms with E-state index in [1.54, 1.807) is 12.5 Å². The number of aryl methyl sites for hydroxylation is 1. The number of rotatable bonds is 0. The van der Waals surface area contributed by atoms with E-state index >= 15 is 0 Å². The lowest BCUT2D eigenvalue weighted by Crippen LogP contribution is -3.98. The van der Waals surface area contributed by atoms with Crippen LogP contribution in [0.25, 0.3) is 0 Å². The minimum absolute atomic E-state index is 1.75. The third kappa shape index (κ3) is 7.82. The van der Waals surface area contributed by atoms with Gasteiger partial charge in [-0.2, -0.15) is 0 Å². The summed E-state index contributed by atoms with van der Waals surface area (Å²) in [5.74, 6) is 0. The Kier molecular flexibility index (Phi) is 5.49. The minimum Gasteiger partial charge on any atom is -0.396 e. The first kappa shape index (κ1) is 9.82. The molecule has 1 aromatic rings. The highest BCUT2D eigenvalue weighted by Gasteiger charge is 1.89. The summed E-state index contributed by atoms with van der Waals surface area (Å²) in [5.41, 5.74) is 0. The van der Waals surface area contributed by atoms with Crippen molar-refractivity contribution in [1.29, 1.82) is 0 Å². The highest BCUT2D eigenvalue weighted by Crippen LogP contribution is 1.73. The van der Waals surface area contributed by atoms with Gasteiger partial charge >= 0.3 is 21.1 Å². The van der Waals surface area contributed by atoms with Gasteiger partial charge in [0.25, 0.3) is 0 Å². The molecule has 0 spiro atoms. The van der Waals surface area contributed by atoms with Gasteiger partial charge in [0.05, 0.1) is 6.33 Å². The van der Waals surface area contributed by atoms with Gasteiger partial charge in [0.15, 0.2) is 0 Å². The summed E-state index contributed by atoms with van der Waals surface area (Å²) in [5, 5.41) is 0. The van der Waals surface area contributed by atoms with Crippen molar-refractivity contribution in [2.24, 2.45) is 7.05 Å². The van der Waals surface area contributed by atoms with E-state index in [1.807, 2.05) is 17.8 Å². The summed E-state index contributed by atoms with van der Waals surface area (Å²) in [4.78, 5) is 3.78. The number of hydrogen-bond donors (Lipinski definition) is 1. The van der Waals surface area contributed by atoms with Crippen LogP contribution in [0.3, 0.4) is 0 Å². The smallest absolute Gasteiger partial charge is 0.396 e. The number of halogens is 1. The van der Waals surface area contributed by atoms with E-state index in [0.717, 1.165) is 0 Å². The molecule has 0 unspecified atom stereocenters. The molecular formula is C4H7IN2O3. The summed E-state index contributed by atoms with van der Waals surface area (Å²) in [6.07, 6.45) is 5.39. The molecule has 5 nitrogen and oxygen atoms in total. The Bertz CT molecular complexity index is 151. The summed E-state index contributed by atoms with van der Waals surface area (Å²) < 4.78 is 26.4. The van der Waals surface area contributed by atoms with Gasteiger partial charge in [0.2, 0.25) is 0 Å². The van der Waals surface area contributed by atoms with Crippen molar-refractivity contribution in [1.82, 2.24) is 9.55 Å². The fraction of sp³-hybridized carbons (Fsp3) is 0.250. The third-order valence-corrected chi connectivity index (χ3v) is 0.637. The molecule has 1 rings (SSSR count). The topological polar surface area (TPSA) is 84.2 Å². The van der Waals surface area contributed by atoms with Crippen LogP contribution in [0.5, 0.6) is 0 Å². The molecule has 0 bridgehead atoms. The van der Waals surface area contributed by atoms with Gasteiger partial charge in [-0.1, -0.05) is 0 Å². The Morgan fingerprint density at radius 1 is 1.60 bits per heavy atom. The number of imidazole rings is 1. The summed E-state index contributed by atoms with van der Waals surface area (Å²) in [6.45, 7) is 0. The molecule has 0 fully saturated rings. The van der Waals surface area contributed by atoms with Crippen LogP contribution < -0.4 is 27.9 Å². The zero-order valence-electron chi connectivity index (χ0n) is 5.27. The third-order valence-electron chi connectivity index (χ3n) is 0.637. The second kappa shape index (κ2) is 5.59. The first-order valence-corrected chi connectivity index (χ1v) is 5.02. The van der Waals surface area contributed by atoms with Gasteiger partial charge in [-0.05, 0) is 3.44 Å². The Labute approximate surface area is 67.0 Å². The van der Waals surface area contributed by atoms with Crippen LogP contribution >= 0.6 is 0 Å². The maximum atomic E-state index is 8.68. The zero-order chi connectivity index (χ0) is 7.98. The molecule has 1 heterocycles. The van der Waals surface area contributed by atoms with Crippen molar-refractivity contribution in [2.75, 3.05) is 0 Å². The highest BCUT2D eigenvalue weighted by molar-refractivity contribution is 4.70. The predicted molar refractivity (Wildman–Crippen MR) is 25.4 cm³/mol. The molecule has 10 heavy (non-hydrogen) atoms. The average molecular weight is 258 g/mol. The maximum absolute atomic E-state index is 8.68. The van der Waals surface area contributed by atoms with Crippen LogP contribution in [-0.2, 0) is 7.05 Å². The van der Waals surface area contributed by atoms with Crippen molar-refractivity contribution in [3.8, 4) is 0 Å². The van der Waals surface area contributed by atoms with E-state index in [0.29, 0.717) is 0 Å². The first-order valence-electron chi connectivity index (χ1n) is 2.29. The van der Waals surface area contributed by atoms with E-state index in [9.17, 15) is 0 Å². The Morgan fingerprint density at radius 2 is 2.10 bits per heavy atom. The minimum atomic E-state index is -3.76. The molecule has 0 aromatic carbocycles. The van der Waals surface area contributed by atoms with Crippen LogP contribution in [0.2, 0.25) is 0 Å². The van der Waals surface area contributed by atoms with Gasteiger partial charge in [-0.15, -0.1) is 0 Å². The number of aromatic nitrogens is 2. The second-order valence-electron chi connectivity index (χ2n) is 1.43. The molecular weight excluding hydrogens is 251 g/mol. The van der Waals surface area contributed by atoms with Crippen molar-refractivity contribution < 1.29 is 31.4 Å². The van der Waals surface area contributed by atoms with Gasteiger partial charge < -0.3 is 11.4 Å². The highest BCUT2D eigenvalue weighted by atomic mass is 127. The number of hydrogen-bond acceptors (Lipinski definition) is 4. The molecule has 0 aliphatic heterocycles. The molecule has 1 N–H and O–H groups in total. The maximum Gasteiger partial charge on any atom is 0.503 e. The lowest BCUT2D eigenvalue weighted by Gasteiger charge is -1.76. The van der Waals surface area contributed by atoms with E-state index in [1.165, 1.54) is 0 Å². The molecule has 0 saturated heterocycles. The van der Waals surface area contributed by atoms with E-state index < -0.39 is 21.1 Å². The largest absolute Gasteiger partial charge is 0.503 e. The average Bonchev–Trinajstić information content (AvgIpc) is 2.15. The molecule has 0 atom stereocenters. The quantitative estimate of drug-likeness (QED) is 0.470. The van der Waals surface area contributed by atoms with Gasteiger partial charge in [-0.25, -0.2) is 4.98 Å². The van der Waals surface area contributed by atoms with Crippen molar-refractivity contribution in [3.63, 3.8) is 0 Å². The molecule has 0 radical (unpaired) electrons. The van der Waals surface area contributed by atoms with Crippen LogP contribution in [0.1, 0.15) is 0 Å². The van der Waals surface area contributed by atoms with E-state index in [-0.39, 0.29) is 0 Å². The molecule has 0 aliphatic rings. The normalized spacial score (nSPS) is 8.90. The molecule has 0 saturated carbocycles. The first-order chi connectivity index (χ1) is 4.63. The van der Waals surface area contributed by atoms with Crippen LogP contribution in [-0.4, -0.2) is 13.0 Å². The van der Waals surface area contributed by atoms with Crippen molar-refractivity contribution >= 4 is 0 Å². The fourth-order valence-corrected chi connectivity index (χ4v) is 0.326. The van der Waals surface area contributed by atoms with Crippen molar-refractivity contribution in [3.05, 3.63) is 18.7 Å². The van der Waals surface area contributed by atoms with Crippen LogP contribution in [0.4, 0.5) is 0 Å². The molecule has 0 amide bonds. The number of nitrogens with zero attached hydrogens (tertiary/aromatic N) is 2. The summed E-state index contributed by atoms with van der Waals surface area (Å²) >= 11 is -3.76. The molecule has 6 heteroatoms. The van der Waals surface area contributed by atoms with Crippen molar-refractivity contribution in [2.45, 2.75) is 0 Å². The standard InChI is InChI=1S/C4H6N2.HIO3/c1-6-3-2-5-4-6;2-1(3)4/h2-4H,1H3;2H. The van der Waals surface area contributed by atoms with Crippen LogP contribution in [0, 0.1) is 0 Å². The lowest BCUT2D eigenvalue weighted by molar-refractivity contribution is -1.63. The predicted octanol–water partition coefficient (Wildman–Crippen LogP) is -5.51. The fourth-order valence-electron chi connectivity index (χ4n) is 0.326. The SMILES string of the molecule is Cn1ccnc1.[O-][I+2]([O-])O. The molecule has 0 aliphatic carbocycles. The van der Waals surface area contributed by atoms with Gasteiger partial charge in [0, 0.05) is 19.4 Å². The van der Waals surface area contributed by atoms with Gasteiger partial charge in [0.1, 0.15) is 0 Å². The zero-order valence-corrected chi connectivity index (χ0v) is 7.43. The second-order valence-corrected chi connectivity index (χ2v) is 2.58. The van der Waals surface area contributed by atoms with Gasteiger partial charge in [-0.3, -0.25) is 0 Å². The molecule has 1 aromatic heterocycles. The van der Waals surface area contributed by atoms with E-state index in [2.05, 4.69) is 4.98 Å². The Hall–Kier alpha value is -0.180. The van der Waals surface area contributed by atoms with Crippen LogP contribution in [0.15, 0.2) is 18.7 Å². The monoisotopic (exact) mass is 258 g/mol. The summed E-state index contributed by atoms with van der Waals surface area (Å²) in [6, 6.07) is 0. The van der Waals surface area contributed by atoms with E-state index in [4.69, 9.17) is 10.3 Å². The molecule has 58 valence electrons. The Morgan fingerprint density at radius 3 is 2.20 bits per heavy atom.